The first-order valence-corrected chi connectivity index (χ1v) is 13.2. The lowest BCUT2D eigenvalue weighted by Crippen LogP contribution is -2.45. The van der Waals surface area contributed by atoms with Gasteiger partial charge in [0, 0.05) is 0 Å². The van der Waals surface area contributed by atoms with E-state index in [-0.39, 0.29) is 5.75 Å². The average molecular weight is 561 g/mol. The Hall–Kier alpha value is -2.90. The molecular formula is C23H30F2N3O9P. The lowest BCUT2D eigenvalue weighted by molar-refractivity contribution is -0.149. The van der Waals surface area contributed by atoms with Gasteiger partial charge in [0.2, 0.25) is 5.82 Å². The second kappa shape index (κ2) is 11.5. The van der Waals surface area contributed by atoms with E-state index in [1.54, 1.807) is 37.0 Å². The number of hydrogen-bond donors (Lipinski definition) is 3. The van der Waals surface area contributed by atoms with Gasteiger partial charge >= 0.3 is 19.4 Å². The molecule has 0 saturated carbocycles. The van der Waals surface area contributed by atoms with E-state index in [9.17, 15) is 28.4 Å². The maximum Gasteiger partial charge on any atom is 0.459 e. The minimum atomic E-state index is -4.43. The van der Waals surface area contributed by atoms with Gasteiger partial charge in [0.15, 0.2) is 11.9 Å². The minimum Gasteiger partial charge on any atom is -0.462 e. The molecule has 7 atom stereocenters. The third kappa shape index (κ3) is 6.56. The molecule has 0 spiro atoms. The summed E-state index contributed by atoms with van der Waals surface area (Å²) >= 11 is 0. The van der Waals surface area contributed by atoms with Crippen LogP contribution in [0, 0.1) is 5.82 Å². The van der Waals surface area contributed by atoms with Crippen molar-refractivity contribution in [2.45, 2.75) is 77.0 Å². The number of aliphatic hydroxyl groups is 1. The number of nitrogens with zero attached hydrogens (tertiary/aromatic N) is 1. The first-order valence-electron chi connectivity index (χ1n) is 11.7. The fraction of sp³-hybridized carbons (Fsp3) is 0.522. The molecule has 210 valence electrons. The number of ether oxygens (including phenoxy) is 2. The number of H-pyrrole nitrogens is 1. The van der Waals surface area contributed by atoms with E-state index in [0.29, 0.717) is 10.8 Å². The molecule has 0 amide bonds. The molecule has 2 unspecified atom stereocenters. The third-order valence-corrected chi connectivity index (χ3v) is 7.39. The van der Waals surface area contributed by atoms with Gasteiger partial charge in [-0.05, 0) is 46.8 Å². The Kier molecular flexibility index (Phi) is 8.94. The lowest BCUT2D eigenvalue weighted by Gasteiger charge is -2.29. The monoisotopic (exact) mass is 561 g/mol. The highest BCUT2D eigenvalue weighted by Crippen LogP contribution is 2.49. The number of rotatable bonds is 10. The van der Waals surface area contributed by atoms with Crippen molar-refractivity contribution in [2.24, 2.45) is 0 Å². The number of aromatic nitrogens is 2. The van der Waals surface area contributed by atoms with E-state index in [1.165, 1.54) is 26.0 Å². The smallest absolute Gasteiger partial charge is 0.459 e. The number of nitrogens with one attached hydrogen (secondary N) is 2. The van der Waals surface area contributed by atoms with E-state index in [4.69, 9.17) is 18.5 Å². The van der Waals surface area contributed by atoms with Gasteiger partial charge in [-0.2, -0.15) is 9.48 Å². The van der Waals surface area contributed by atoms with E-state index < -0.39 is 73.1 Å². The summed E-state index contributed by atoms with van der Waals surface area (Å²) in [5, 5.41) is 13.2. The Balaban J connectivity index is 1.88. The molecule has 1 aliphatic heterocycles. The van der Waals surface area contributed by atoms with Crippen LogP contribution in [-0.4, -0.2) is 56.8 Å². The number of halogens is 2. The number of aliphatic hydroxyl groups excluding tert-OH is 1. The van der Waals surface area contributed by atoms with Crippen molar-refractivity contribution in [1.29, 1.82) is 0 Å². The van der Waals surface area contributed by atoms with Gasteiger partial charge < -0.3 is 19.1 Å². The van der Waals surface area contributed by atoms with Gasteiger partial charge in [-0.15, -0.1) is 0 Å². The first kappa shape index (κ1) is 29.7. The van der Waals surface area contributed by atoms with Gasteiger partial charge in [0.05, 0.1) is 18.4 Å². The van der Waals surface area contributed by atoms with E-state index in [1.807, 2.05) is 0 Å². The summed E-state index contributed by atoms with van der Waals surface area (Å²) in [6.07, 6.45) is -6.76. The SMILES string of the molecule is CC(C)OC(=O)[C@H](C)NP(=O)(Oc1ccccc1)O[C@H](C)[C@H]1O[C@@H](n2cc(F)c(=O)[nH]c2=O)C(C)(F)[C@H]1O. The van der Waals surface area contributed by atoms with Gasteiger partial charge in [-0.25, -0.2) is 13.8 Å². The molecule has 2 aromatic rings. The summed E-state index contributed by atoms with van der Waals surface area (Å²) in [5.74, 6) is -2.02. The van der Waals surface area contributed by atoms with Crippen molar-refractivity contribution in [3.63, 3.8) is 0 Å². The van der Waals surface area contributed by atoms with Crippen LogP contribution in [0.2, 0.25) is 0 Å². The van der Waals surface area contributed by atoms with Crippen LogP contribution in [0.25, 0.3) is 0 Å². The summed E-state index contributed by atoms with van der Waals surface area (Å²) < 4.78 is 65.5. The largest absolute Gasteiger partial charge is 0.462 e. The van der Waals surface area contributed by atoms with E-state index in [2.05, 4.69) is 5.09 Å². The van der Waals surface area contributed by atoms with Crippen molar-refractivity contribution >= 4 is 13.7 Å². The summed E-state index contributed by atoms with van der Waals surface area (Å²) in [4.78, 5) is 37.6. The fourth-order valence-corrected chi connectivity index (χ4v) is 5.46. The summed E-state index contributed by atoms with van der Waals surface area (Å²) in [5.41, 5.74) is -5.17. The molecule has 15 heteroatoms. The molecule has 1 saturated heterocycles. The molecule has 0 aliphatic carbocycles. The van der Waals surface area contributed by atoms with Crippen LogP contribution in [0.5, 0.6) is 5.75 Å². The maximum atomic E-state index is 15.6. The van der Waals surface area contributed by atoms with Crippen LogP contribution >= 0.6 is 7.75 Å². The van der Waals surface area contributed by atoms with Crippen molar-refractivity contribution in [2.75, 3.05) is 0 Å². The zero-order valence-corrected chi connectivity index (χ0v) is 22.2. The molecule has 12 nitrogen and oxygen atoms in total. The molecule has 1 aromatic carbocycles. The predicted octanol–water partition coefficient (Wildman–Crippen LogP) is 2.18. The van der Waals surface area contributed by atoms with E-state index in [0.717, 1.165) is 6.92 Å². The summed E-state index contributed by atoms with van der Waals surface area (Å²) in [6, 6.07) is 6.67. The van der Waals surface area contributed by atoms with Gasteiger partial charge in [-0.3, -0.25) is 23.7 Å². The molecule has 2 heterocycles. The molecule has 1 aliphatic rings. The van der Waals surface area contributed by atoms with Crippen LogP contribution in [0.4, 0.5) is 8.78 Å². The van der Waals surface area contributed by atoms with Crippen LogP contribution in [0.3, 0.4) is 0 Å². The van der Waals surface area contributed by atoms with Crippen LogP contribution in [0.15, 0.2) is 46.1 Å². The maximum absolute atomic E-state index is 15.6. The second-order valence-electron chi connectivity index (χ2n) is 9.24. The number of benzene rings is 1. The summed E-state index contributed by atoms with van der Waals surface area (Å²) in [6.45, 7) is 6.83. The Bertz CT molecular complexity index is 1300. The molecule has 3 rings (SSSR count). The zero-order valence-electron chi connectivity index (χ0n) is 21.3. The predicted molar refractivity (Wildman–Crippen MR) is 130 cm³/mol. The van der Waals surface area contributed by atoms with Crippen molar-refractivity contribution in [1.82, 2.24) is 14.6 Å². The number of hydrogen-bond acceptors (Lipinski definition) is 9. The minimum absolute atomic E-state index is 0.108. The Morgan fingerprint density at radius 1 is 1.24 bits per heavy atom. The lowest BCUT2D eigenvalue weighted by atomic mass is 9.96. The normalized spacial score (nSPS) is 26.5. The van der Waals surface area contributed by atoms with Gasteiger partial charge in [-0.1, -0.05) is 18.2 Å². The highest BCUT2D eigenvalue weighted by atomic mass is 31.2. The molecule has 0 bridgehead atoms. The highest BCUT2D eigenvalue weighted by Gasteiger charge is 2.58. The highest BCUT2D eigenvalue weighted by molar-refractivity contribution is 7.52. The second-order valence-corrected chi connectivity index (χ2v) is 10.9. The Labute approximate surface area is 216 Å². The molecule has 3 N–H and O–H groups in total. The van der Waals surface area contributed by atoms with Crippen molar-refractivity contribution in [3.8, 4) is 5.75 Å². The van der Waals surface area contributed by atoms with Crippen molar-refractivity contribution < 1.29 is 41.8 Å². The molecule has 38 heavy (non-hydrogen) atoms. The van der Waals surface area contributed by atoms with E-state index >= 15 is 4.39 Å². The van der Waals surface area contributed by atoms with Gasteiger partial charge in [0.25, 0.3) is 5.56 Å². The average Bonchev–Trinajstić information content (AvgIpc) is 3.05. The van der Waals surface area contributed by atoms with Crippen molar-refractivity contribution in [3.05, 3.63) is 63.2 Å². The molecular weight excluding hydrogens is 531 g/mol. The van der Waals surface area contributed by atoms with Gasteiger partial charge in [0.1, 0.15) is 24.0 Å². The number of carbonyl (C=O) groups is 1. The number of carbonyl (C=O) groups excluding carboxylic acids is 1. The Morgan fingerprint density at radius 2 is 1.87 bits per heavy atom. The first-order chi connectivity index (χ1) is 17.6. The molecule has 1 fully saturated rings. The molecule has 1 aromatic heterocycles. The zero-order chi connectivity index (χ0) is 28.4. The van der Waals surface area contributed by atoms with Crippen LogP contribution < -0.4 is 20.9 Å². The summed E-state index contributed by atoms with van der Waals surface area (Å²) in [7, 11) is -4.43. The quantitative estimate of drug-likeness (QED) is 0.290. The topological polar surface area (TPSA) is 158 Å². The van der Waals surface area contributed by atoms with Crippen LogP contribution in [0.1, 0.15) is 40.8 Å². The Morgan fingerprint density at radius 3 is 2.47 bits per heavy atom. The fourth-order valence-electron chi connectivity index (χ4n) is 3.76. The number of para-hydroxylation sites is 1. The standard InChI is InChI=1S/C23H30F2N3O9P/c1-12(2)34-20(31)13(3)27-38(33,37-15-9-7-6-8-10-15)36-14(4)17-18(29)23(5,25)21(35-17)28-11-16(24)19(30)26-22(28)32/h6-14,17-18,21,29H,1-5H3,(H,27,33)(H,26,30,32)/t13-,14+,17+,18-,21+,23?,38?/m0/s1. The molecule has 0 radical (unpaired) electrons. The van der Waals surface area contributed by atoms with Crippen LogP contribution in [-0.2, 0) is 23.4 Å². The number of esters is 1. The third-order valence-electron chi connectivity index (χ3n) is 5.63. The number of alkyl halides is 1. The number of aromatic amines is 1.